The van der Waals surface area contributed by atoms with Crippen molar-refractivity contribution >= 4 is 11.9 Å². The van der Waals surface area contributed by atoms with Crippen LogP contribution in [0.4, 0.5) is 0 Å². The molecule has 0 saturated carbocycles. The fourth-order valence-electron chi connectivity index (χ4n) is 8.35. The van der Waals surface area contributed by atoms with E-state index in [0.717, 1.165) is 109 Å². The molecule has 0 saturated heterocycles. The second kappa shape index (κ2) is 55.6. The van der Waals surface area contributed by atoms with Crippen molar-refractivity contribution in [1.82, 2.24) is 0 Å². The van der Waals surface area contributed by atoms with E-state index >= 15 is 0 Å². The number of ether oxygens (including phenoxy) is 8. The summed E-state index contributed by atoms with van der Waals surface area (Å²) in [5.41, 5.74) is 0. The number of unbranched alkanes of at least 4 members (excludes halogenated alkanes) is 24. The molecule has 0 aliphatic rings. The highest BCUT2D eigenvalue weighted by Gasteiger charge is 2.16. The Morgan fingerprint density at radius 3 is 1.03 bits per heavy atom. The molecule has 3 atom stereocenters. The predicted molar refractivity (Wildman–Crippen MR) is 278 cm³/mol. The van der Waals surface area contributed by atoms with Gasteiger partial charge in [0.05, 0.1) is 52.9 Å². The number of carbonyl (C=O) groups excluding carboxylic acids is 2. The standard InChI is InChI=1S/C57H112O10/c1-6-11-15-19-23-31-39-53(37-29-17-13-8-3)66-56(58)41-33-25-21-27-35-43-63-51-55(52-64-50-49-62-48-47-61-46-45-60-10-5)65-44-36-28-22-26-34-42-57(59)67-54(38-30-18-14-9-4)40-32-24-20-16-12-7-2/h53-55H,6-52H2,1-5H3. The molecule has 10 nitrogen and oxygen atoms in total. The number of rotatable bonds is 57. The number of carbonyl (C=O) groups is 2. The molecule has 0 spiro atoms. The molecule has 0 N–H and O–H groups in total. The Morgan fingerprint density at radius 2 is 0.612 bits per heavy atom. The van der Waals surface area contributed by atoms with E-state index in [1.807, 2.05) is 6.92 Å². The van der Waals surface area contributed by atoms with Crippen molar-refractivity contribution in [3.05, 3.63) is 0 Å². The Bertz CT molecular complexity index is 982. The summed E-state index contributed by atoms with van der Waals surface area (Å²) < 4.78 is 46.8. The number of hydrogen-bond acceptors (Lipinski definition) is 10. The molecule has 0 fully saturated rings. The fraction of sp³-hybridized carbons (Fsp3) is 0.965. The van der Waals surface area contributed by atoms with Gasteiger partial charge < -0.3 is 37.9 Å². The van der Waals surface area contributed by atoms with E-state index < -0.39 is 0 Å². The van der Waals surface area contributed by atoms with Gasteiger partial charge in [-0.2, -0.15) is 0 Å². The minimum atomic E-state index is -0.134. The van der Waals surface area contributed by atoms with E-state index in [0.29, 0.717) is 85.5 Å². The van der Waals surface area contributed by atoms with Gasteiger partial charge in [0.25, 0.3) is 0 Å². The van der Waals surface area contributed by atoms with Crippen LogP contribution in [0.3, 0.4) is 0 Å². The summed E-state index contributed by atoms with van der Waals surface area (Å²) in [6.45, 7) is 17.2. The SMILES string of the molecule is CCCCCCCCC(CCCCCC)OC(=O)CCCCCCCOCC(COCCOCCOCCOCC)OCCCCCCCC(=O)OC(CCCCCC)CCCCCCCC. The molecule has 400 valence electrons. The van der Waals surface area contributed by atoms with E-state index in [9.17, 15) is 9.59 Å². The molecule has 0 aliphatic carbocycles. The number of hydrogen-bond donors (Lipinski definition) is 0. The van der Waals surface area contributed by atoms with Gasteiger partial charge in [-0.15, -0.1) is 0 Å². The number of esters is 2. The average molecular weight is 958 g/mol. The lowest BCUT2D eigenvalue weighted by Gasteiger charge is -2.19. The minimum Gasteiger partial charge on any atom is -0.462 e. The van der Waals surface area contributed by atoms with Gasteiger partial charge in [0.2, 0.25) is 0 Å². The van der Waals surface area contributed by atoms with Crippen LogP contribution < -0.4 is 0 Å². The van der Waals surface area contributed by atoms with Crippen LogP contribution in [-0.4, -0.2) is 103 Å². The summed E-state index contributed by atoms with van der Waals surface area (Å²) in [5, 5.41) is 0. The van der Waals surface area contributed by atoms with Crippen LogP contribution >= 0.6 is 0 Å². The van der Waals surface area contributed by atoms with Crippen molar-refractivity contribution in [2.24, 2.45) is 0 Å². The van der Waals surface area contributed by atoms with E-state index in [1.54, 1.807) is 0 Å². The lowest BCUT2D eigenvalue weighted by molar-refractivity contribution is -0.151. The van der Waals surface area contributed by atoms with Crippen molar-refractivity contribution in [2.45, 2.75) is 284 Å². The van der Waals surface area contributed by atoms with Crippen LogP contribution in [0.25, 0.3) is 0 Å². The van der Waals surface area contributed by atoms with E-state index in [-0.39, 0.29) is 30.3 Å². The first-order chi connectivity index (χ1) is 33.0. The van der Waals surface area contributed by atoms with Crippen LogP contribution in [0.1, 0.15) is 266 Å². The van der Waals surface area contributed by atoms with Gasteiger partial charge >= 0.3 is 11.9 Å². The van der Waals surface area contributed by atoms with Gasteiger partial charge in [-0.25, -0.2) is 0 Å². The van der Waals surface area contributed by atoms with Gasteiger partial charge in [-0.1, -0.05) is 169 Å². The second-order valence-corrected chi connectivity index (χ2v) is 19.1. The smallest absolute Gasteiger partial charge is 0.306 e. The molecule has 10 heteroatoms. The zero-order chi connectivity index (χ0) is 48.8. The average Bonchev–Trinajstić information content (AvgIpc) is 3.32. The molecule has 0 amide bonds. The van der Waals surface area contributed by atoms with Crippen molar-refractivity contribution in [3.63, 3.8) is 0 Å². The van der Waals surface area contributed by atoms with Crippen molar-refractivity contribution < 1.29 is 47.5 Å². The third-order valence-corrected chi connectivity index (χ3v) is 12.6. The van der Waals surface area contributed by atoms with E-state index in [4.69, 9.17) is 37.9 Å². The van der Waals surface area contributed by atoms with Crippen LogP contribution in [0.2, 0.25) is 0 Å². The van der Waals surface area contributed by atoms with Gasteiger partial charge in [0, 0.05) is 32.7 Å². The van der Waals surface area contributed by atoms with E-state index in [1.165, 1.54) is 109 Å². The Balaban J connectivity index is 4.51. The third-order valence-electron chi connectivity index (χ3n) is 12.6. The maximum atomic E-state index is 12.8. The topological polar surface area (TPSA) is 108 Å². The van der Waals surface area contributed by atoms with Crippen LogP contribution in [-0.2, 0) is 47.5 Å². The summed E-state index contributed by atoms with van der Waals surface area (Å²) in [7, 11) is 0. The minimum absolute atomic E-state index is 0.00969. The molecule has 0 bridgehead atoms. The van der Waals surface area contributed by atoms with Crippen LogP contribution in [0.15, 0.2) is 0 Å². The molecule has 0 aliphatic heterocycles. The van der Waals surface area contributed by atoms with Crippen molar-refractivity contribution in [2.75, 3.05) is 72.7 Å². The fourth-order valence-corrected chi connectivity index (χ4v) is 8.35. The Hall–Kier alpha value is -1.30. The summed E-state index contributed by atoms with van der Waals surface area (Å²) >= 11 is 0. The maximum Gasteiger partial charge on any atom is 0.306 e. The Morgan fingerprint density at radius 1 is 0.299 bits per heavy atom. The molecule has 67 heavy (non-hydrogen) atoms. The highest BCUT2D eigenvalue weighted by Crippen LogP contribution is 2.20. The molecule has 0 rings (SSSR count). The Kier molecular flexibility index (Phi) is 54.5. The molecule has 0 aromatic rings. The monoisotopic (exact) mass is 957 g/mol. The van der Waals surface area contributed by atoms with Crippen LogP contribution in [0.5, 0.6) is 0 Å². The van der Waals surface area contributed by atoms with E-state index in [2.05, 4.69) is 27.7 Å². The summed E-state index contributed by atoms with van der Waals surface area (Å²) in [6.07, 6.45) is 40.3. The zero-order valence-electron chi connectivity index (χ0n) is 45.0. The van der Waals surface area contributed by atoms with Gasteiger partial charge in [0.15, 0.2) is 0 Å². The highest BCUT2D eigenvalue weighted by molar-refractivity contribution is 5.69. The molecule has 0 aromatic carbocycles. The Labute approximate surface area is 414 Å². The predicted octanol–water partition coefficient (Wildman–Crippen LogP) is 15.4. The van der Waals surface area contributed by atoms with Crippen molar-refractivity contribution in [1.29, 1.82) is 0 Å². The van der Waals surface area contributed by atoms with Crippen molar-refractivity contribution in [3.8, 4) is 0 Å². The zero-order valence-corrected chi connectivity index (χ0v) is 45.0. The first-order valence-corrected chi connectivity index (χ1v) is 28.9. The van der Waals surface area contributed by atoms with Crippen LogP contribution in [0, 0.1) is 0 Å². The lowest BCUT2D eigenvalue weighted by Crippen LogP contribution is -2.27. The highest BCUT2D eigenvalue weighted by atomic mass is 16.6. The molecule has 3 unspecified atom stereocenters. The quantitative estimate of drug-likeness (QED) is 0.0432. The molecule has 0 radical (unpaired) electrons. The first-order valence-electron chi connectivity index (χ1n) is 28.9. The largest absolute Gasteiger partial charge is 0.462 e. The third kappa shape index (κ3) is 50.9. The van der Waals surface area contributed by atoms with Gasteiger partial charge in [-0.3, -0.25) is 9.59 Å². The van der Waals surface area contributed by atoms with Gasteiger partial charge in [0.1, 0.15) is 18.3 Å². The summed E-state index contributed by atoms with van der Waals surface area (Å²) in [6, 6.07) is 0. The molecule has 0 heterocycles. The summed E-state index contributed by atoms with van der Waals surface area (Å²) in [5.74, 6) is -0.0222. The van der Waals surface area contributed by atoms with Gasteiger partial charge in [-0.05, 0) is 84.0 Å². The maximum absolute atomic E-state index is 12.8. The first kappa shape index (κ1) is 65.7. The molecular formula is C57H112O10. The lowest BCUT2D eigenvalue weighted by atomic mass is 10.0. The normalized spacial score (nSPS) is 13.0. The molecular weight excluding hydrogens is 845 g/mol. The second-order valence-electron chi connectivity index (χ2n) is 19.1. The summed E-state index contributed by atoms with van der Waals surface area (Å²) in [4.78, 5) is 25.5. The molecule has 0 aromatic heterocycles.